The Hall–Kier alpha value is -0.855. The molecule has 1 atom stereocenters. The lowest BCUT2D eigenvalue weighted by molar-refractivity contribution is 0.425. The Morgan fingerprint density at radius 3 is 2.73 bits per heavy atom. The maximum absolute atomic E-state index is 11.2. The average Bonchev–Trinajstić information content (AvgIpc) is 2.70. The Morgan fingerprint density at radius 1 is 1.53 bits per heavy atom. The predicted octanol–water partition coefficient (Wildman–Crippen LogP) is -2.08. The van der Waals surface area contributed by atoms with Gasteiger partial charge in [0.25, 0.3) is 0 Å². The minimum atomic E-state index is -2.94. The molecule has 15 heavy (non-hydrogen) atoms. The fraction of sp³-hybridized carbons (Fsp3) is 0.571. The maximum atomic E-state index is 11.2. The molecule has 1 aliphatic heterocycles. The summed E-state index contributed by atoms with van der Waals surface area (Å²) in [4.78, 5) is 0. The summed E-state index contributed by atoms with van der Waals surface area (Å²) < 4.78 is 23.9. The fourth-order valence-electron chi connectivity index (χ4n) is 1.67. The Balaban J connectivity index is 2.17. The standard InChI is InChI=1S/C7H11BN2O4S/c11-8(12)6-3-9-10(4-6)7-1-2-15(13,14)5-7/h3-4,7,11-12H,1-2,5H2. The smallest absolute Gasteiger partial charge is 0.423 e. The van der Waals surface area contributed by atoms with Gasteiger partial charge in [-0.25, -0.2) is 8.42 Å². The molecular weight excluding hydrogens is 219 g/mol. The monoisotopic (exact) mass is 230 g/mol. The van der Waals surface area contributed by atoms with Gasteiger partial charge in [-0.1, -0.05) is 0 Å². The maximum Gasteiger partial charge on any atom is 0.491 e. The Bertz CT molecular complexity index is 455. The third kappa shape index (κ3) is 2.22. The molecule has 0 bridgehead atoms. The molecule has 82 valence electrons. The topological polar surface area (TPSA) is 92.4 Å². The summed E-state index contributed by atoms with van der Waals surface area (Å²) in [6, 6.07) is -0.178. The summed E-state index contributed by atoms with van der Waals surface area (Å²) in [5, 5.41) is 21.7. The zero-order valence-corrected chi connectivity index (χ0v) is 8.76. The van der Waals surface area contributed by atoms with Crippen LogP contribution in [0.4, 0.5) is 0 Å². The molecule has 2 rings (SSSR count). The minimum Gasteiger partial charge on any atom is -0.423 e. The molecule has 1 aromatic rings. The van der Waals surface area contributed by atoms with Crippen molar-refractivity contribution in [3.05, 3.63) is 12.4 Å². The SMILES string of the molecule is O=S1(=O)CCC(n2cc(B(O)O)cn2)C1. The van der Waals surface area contributed by atoms with Crippen molar-refractivity contribution in [3.63, 3.8) is 0 Å². The van der Waals surface area contributed by atoms with Crippen LogP contribution in [0.5, 0.6) is 0 Å². The first-order valence-corrected chi connectivity index (χ1v) is 6.41. The van der Waals surface area contributed by atoms with E-state index in [1.54, 1.807) is 0 Å². The molecule has 0 amide bonds. The molecule has 1 aromatic heterocycles. The first kappa shape index (κ1) is 10.7. The van der Waals surface area contributed by atoms with Gasteiger partial charge in [0.15, 0.2) is 9.84 Å². The molecule has 0 spiro atoms. The van der Waals surface area contributed by atoms with Gasteiger partial charge in [0.05, 0.1) is 17.5 Å². The number of sulfone groups is 1. The minimum absolute atomic E-state index is 0.0790. The van der Waals surface area contributed by atoms with Gasteiger partial charge >= 0.3 is 7.12 Å². The van der Waals surface area contributed by atoms with E-state index in [0.29, 0.717) is 6.42 Å². The molecule has 0 aliphatic carbocycles. The normalized spacial score (nSPS) is 24.3. The van der Waals surface area contributed by atoms with Crippen LogP contribution < -0.4 is 5.46 Å². The van der Waals surface area contributed by atoms with E-state index >= 15 is 0 Å². The van der Waals surface area contributed by atoms with E-state index in [4.69, 9.17) is 10.0 Å². The van der Waals surface area contributed by atoms with Gasteiger partial charge in [-0.15, -0.1) is 0 Å². The summed E-state index contributed by atoms with van der Waals surface area (Å²) in [5.41, 5.74) is 0.277. The van der Waals surface area contributed by atoms with Crippen LogP contribution in [-0.4, -0.2) is 46.9 Å². The second-order valence-corrected chi connectivity index (χ2v) is 5.91. The van der Waals surface area contributed by atoms with Crippen LogP contribution in [0.2, 0.25) is 0 Å². The van der Waals surface area contributed by atoms with Crippen molar-refractivity contribution < 1.29 is 18.5 Å². The van der Waals surface area contributed by atoms with Crippen LogP contribution >= 0.6 is 0 Å². The van der Waals surface area contributed by atoms with Crippen molar-refractivity contribution in [1.29, 1.82) is 0 Å². The lowest BCUT2D eigenvalue weighted by atomic mass is 9.83. The Morgan fingerprint density at radius 2 is 2.27 bits per heavy atom. The van der Waals surface area contributed by atoms with Crippen LogP contribution in [0, 0.1) is 0 Å². The fourth-order valence-corrected chi connectivity index (χ4v) is 3.37. The van der Waals surface area contributed by atoms with Crippen LogP contribution in [0.15, 0.2) is 12.4 Å². The van der Waals surface area contributed by atoms with Crippen LogP contribution in [-0.2, 0) is 9.84 Å². The van der Waals surface area contributed by atoms with Crippen molar-refractivity contribution in [2.75, 3.05) is 11.5 Å². The summed E-state index contributed by atoms with van der Waals surface area (Å²) in [6.45, 7) is 0. The molecule has 2 heterocycles. The van der Waals surface area contributed by atoms with Crippen LogP contribution in [0.1, 0.15) is 12.5 Å². The zero-order valence-electron chi connectivity index (χ0n) is 7.94. The van der Waals surface area contributed by atoms with Gasteiger partial charge in [-0.2, -0.15) is 5.10 Å². The van der Waals surface area contributed by atoms with E-state index in [-0.39, 0.29) is 23.0 Å². The summed E-state index contributed by atoms with van der Waals surface area (Å²) in [6.07, 6.45) is 3.33. The Kier molecular flexibility index (Phi) is 2.57. The molecule has 1 aliphatic rings. The summed E-state index contributed by atoms with van der Waals surface area (Å²) in [5.74, 6) is 0.254. The second-order valence-electron chi connectivity index (χ2n) is 3.68. The largest absolute Gasteiger partial charge is 0.491 e. The average molecular weight is 230 g/mol. The highest BCUT2D eigenvalue weighted by molar-refractivity contribution is 7.91. The van der Waals surface area contributed by atoms with E-state index in [1.807, 2.05) is 0 Å². The Labute approximate surface area is 87.6 Å². The number of nitrogens with zero attached hydrogens (tertiary/aromatic N) is 2. The molecule has 0 radical (unpaired) electrons. The van der Waals surface area contributed by atoms with Crippen molar-refractivity contribution in [2.45, 2.75) is 12.5 Å². The molecule has 6 nitrogen and oxygen atoms in total. The molecule has 1 saturated heterocycles. The third-order valence-electron chi connectivity index (χ3n) is 2.50. The van der Waals surface area contributed by atoms with Gasteiger partial charge in [-0.05, 0) is 6.42 Å². The third-order valence-corrected chi connectivity index (χ3v) is 4.25. The van der Waals surface area contributed by atoms with E-state index < -0.39 is 17.0 Å². The molecular formula is C7H11BN2O4S. The van der Waals surface area contributed by atoms with Gasteiger partial charge in [0.1, 0.15) is 0 Å². The van der Waals surface area contributed by atoms with Crippen LogP contribution in [0.3, 0.4) is 0 Å². The van der Waals surface area contributed by atoms with Gasteiger partial charge in [0.2, 0.25) is 0 Å². The predicted molar refractivity (Wildman–Crippen MR) is 54.4 cm³/mol. The highest BCUT2D eigenvalue weighted by Gasteiger charge is 2.30. The zero-order chi connectivity index (χ0) is 11.1. The van der Waals surface area contributed by atoms with E-state index in [1.165, 1.54) is 17.1 Å². The van der Waals surface area contributed by atoms with Crippen molar-refractivity contribution >= 4 is 22.4 Å². The van der Waals surface area contributed by atoms with Gasteiger partial charge < -0.3 is 10.0 Å². The van der Waals surface area contributed by atoms with Crippen molar-refractivity contribution in [3.8, 4) is 0 Å². The van der Waals surface area contributed by atoms with Crippen molar-refractivity contribution in [1.82, 2.24) is 9.78 Å². The van der Waals surface area contributed by atoms with Gasteiger partial charge in [-0.3, -0.25) is 4.68 Å². The first-order valence-electron chi connectivity index (χ1n) is 4.58. The lowest BCUT2D eigenvalue weighted by Crippen LogP contribution is -2.28. The first-order chi connectivity index (χ1) is 6.98. The van der Waals surface area contributed by atoms with Crippen molar-refractivity contribution in [2.24, 2.45) is 0 Å². The molecule has 0 aromatic carbocycles. The second kappa shape index (κ2) is 3.62. The number of aromatic nitrogens is 2. The van der Waals surface area contributed by atoms with E-state index in [2.05, 4.69) is 5.10 Å². The molecule has 2 N–H and O–H groups in total. The summed E-state index contributed by atoms with van der Waals surface area (Å²) >= 11 is 0. The molecule has 8 heteroatoms. The number of hydrogen-bond donors (Lipinski definition) is 2. The molecule has 0 saturated carbocycles. The lowest BCUT2D eigenvalue weighted by Gasteiger charge is -2.06. The van der Waals surface area contributed by atoms with E-state index in [0.717, 1.165) is 0 Å². The highest BCUT2D eigenvalue weighted by atomic mass is 32.2. The van der Waals surface area contributed by atoms with E-state index in [9.17, 15) is 8.42 Å². The van der Waals surface area contributed by atoms with Gasteiger partial charge in [0, 0.05) is 17.9 Å². The number of rotatable bonds is 2. The van der Waals surface area contributed by atoms with Crippen LogP contribution in [0.25, 0.3) is 0 Å². The molecule has 1 unspecified atom stereocenters. The quantitative estimate of drug-likeness (QED) is 0.569. The highest BCUT2D eigenvalue weighted by Crippen LogP contribution is 2.21. The number of hydrogen-bond acceptors (Lipinski definition) is 5. The summed E-state index contributed by atoms with van der Waals surface area (Å²) in [7, 11) is -4.50. The molecule has 1 fully saturated rings.